The van der Waals surface area contributed by atoms with Crippen molar-refractivity contribution in [1.82, 2.24) is 0 Å². The molecule has 0 aliphatic rings. The van der Waals surface area contributed by atoms with Crippen molar-refractivity contribution < 1.29 is 9.13 Å². The lowest BCUT2D eigenvalue weighted by Crippen LogP contribution is -2.14. The van der Waals surface area contributed by atoms with Crippen molar-refractivity contribution in [1.29, 1.82) is 5.26 Å². The molecule has 1 aromatic rings. The highest BCUT2D eigenvalue weighted by Gasteiger charge is 2.08. The fourth-order valence-corrected chi connectivity index (χ4v) is 4.40. The van der Waals surface area contributed by atoms with Gasteiger partial charge in [0.25, 0.3) is 0 Å². The monoisotopic (exact) mass is 449 g/mol. The van der Waals surface area contributed by atoms with E-state index in [4.69, 9.17) is 10.00 Å². The second-order valence-corrected chi connectivity index (χ2v) is 9.34. The highest BCUT2D eigenvalue weighted by atomic mass is 31.0. The third-order valence-corrected chi connectivity index (χ3v) is 6.49. The predicted molar refractivity (Wildman–Crippen MR) is 134 cm³/mol. The fraction of sp³-hybridized carbons (Fsp3) is 0.741. The van der Waals surface area contributed by atoms with Crippen molar-refractivity contribution in [3.8, 4) is 6.07 Å². The molecular formula is C27H45FNOP. The van der Waals surface area contributed by atoms with Crippen LogP contribution < -0.4 is 0 Å². The Bertz CT molecular complexity index is 601. The summed E-state index contributed by atoms with van der Waals surface area (Å²) in [6.45, 7) is 2.64. The normalized spacial score (nSPS) is 12.1. The molecule has 0 fully saturated rings. The van der Waals surface area contributed by atoms with Gasteiger partial charge in [0.15, 0.2) is 0 Å². The van der Waals surface area contributed by atoms with E-state index in [1.54, 1.807) is 6.07 Å². The molecule has 0 aliphatic heterocycles. The van der Waals surface area contributed by atoms with Crippen molar-refractivity contribution in [3.63, 3.8) is 0 Å². The fourth-order valence-electron chi connectivity index (χ4n) is 4.02. The molecule has 1 aromatic carbocycles. The summed E-state index contributed by atoms with van der Waals surface area (Å²) in [6.07, 6.45) is 22.7. The maximum absolute atomic E-state index is 13.5. The molecule has 0 radical (unpaired) electrons. The van der Waals surface area contributed by atoms with Crippen LogP contribution in [-0.4, -0.2) is 12.3 Å². The van der Waals surface area contributed by atoms with Crippen LogP contribution in [-0.2, 0) is 11.3 Å². The molecule has 0 saturated heterocycles. The molecule has 31 heavy (non-hydrogen) atoms. The number of hydrogen-bond acceptors (Lipinski definition) is 2. The number of rotatable bonds is 20. The van der Waals surface area contributed by atoms with E-state index in [1.165, 1.54) is 108 Å². The lowest BCUT2D eigenvalue weighted by Gasteiger charge is -2.16. The van der Waals surface area contributed by atoms with Crippen LogP contribution in [0, 0.1) is 17.1 Å². The highest BCUT2D eigenvalue weighted by Crippen LogP contribution is 2.17. The average Bonchev–Trinajstić information content (AvgIpc) is 2.78. The Kier molecular flexibility index (Phi) is 17.8. The average molecular weight is 450 g/mol. The quantitative estimate of drug-likeness (QED) is 0.147. The van der Waals surface area contributed by atoms with Gasteiger partial charge in [-0.3, -0.25) is 0 Å². The molecule has 0 amide bonds. The predicted octanol–water partition coefficient (Wildman–Crippen LogP) is 8.72. The number of halogens is 1. The number of nitrogens with zero attached hydrogens (tertiary/aromatic N) is 1. The molecule has 0 aliphatic carbocycles. The molecule has 2 nitrogen and oxygen atoms in total. The van der Waals surface area contributed by atoms with Gasteiger partial charge in [0.1, 0.15) is 5.82 Å². The number of hydrogen-bond donors (Lipinski definition) is 0. The number of nitriles is 1. The Morgan fingerprint density at radius 3 is 1.84 bits per heavy atom. The topological polar surface area (TPSA) is 33.0 Å². The van der Waals surface area contributed by atoms with E-state index in [9.17, 15) is 4.39 Å². The van der Waals surface area contributed by atoms with Crippen molar-refractivity contribution in [2.45, 2.75) is 122 Å². The largest absolute Gasteiger partial charge is 0.373 e. The molecule has 0 spiro atoms. The van der Waals surface area contributed by atoms with Gasteiger partial charge in [0.05, 0.1) is 24.3 Å². The van der Waals surface area contributed by atoms with Gasteiger partial charge >= 0.3 is 0 Å². The van der Waals surface area contributed by atoms with E-state index in [1.807, 2.05) is 6.07 Å². The van der Waals surface area contributed by atoms with Crippen LogP contribution in [0.15, 0.2) is 18.2 Å². The van der Waals surface area contributed by atoms with E-state index in [2.05, 4.69) is 16.2 Å². The van der Waals surface area contributed by atoms with Crippen LogP contribution in [0.3, 0.4) is 0 Å². The summed E-state index contributed by atoms with van der Waals surface area (Å²) >= 11 is 0. The molecule has 0 heterocycles. The van der Waals surface area contributed by atoms with Gasteiger partial charge in [0.2, 0.25) is 0 Å². The minimum Gasteiger partial charge on any atom is -0.373 e. The summed E-state index contributed by atoms with van der Waals surface area (Å²) in [4.78, 5) is 0. The molecule has 176 valence electrons. The van der Waals surface area contributed by atoms with Crippen LogP contribution in [0.4, 0.5) is 4.39 Å². The molecule has 1 unspecified atom stereocenters. The number of unbranched alkanes of at least 4 members (excludes halogenated alkanes) is 14. The molecular weight excluding hydrogens is 404 g/mol. The van der Waals surface area contributed by atoms with E-state index in [0.29, 0.717) is 12.2 Å². The Morgan fingerprint density at radius 1 is 0.839 bits per heavy atom. The van der Waals surface area contributed by atoms with Crippen LogP contribution in [0.25, 0.3) is 0 Å². The summed E-state index contributed by atoms with van der Waals surface area (Å²) in [5.41, 5.74) is 1.08. The Hall–Kier alpha value is -0.970. The van der Waals surface area contributed by atoms with Crippen LogP contribution in [0.1, 0.15) is 121 Å². The third-order valence-electron chi connectivity index (χ3n) is 5.96. The van der Waals surface area contributed by atoms with Crippen LogP contribution >= 0.6 is 9.24 Å². The molecule has 0 aromatic heterocycles. The van der Waals surface area contributed by atoms with E-state index < -0.39 is 0 Å². The van der Waals surface area contributed by atoms with Crippen molar-refractivity contribution >= 4 is 9.24 Å². The second kappa shape index (κ2) is 19.7. The SMILES string of the molecule is CCCCCCCCCCCCCCCCC[C@@H](CP)OCc1cc(F)cc(C#N)c1. The zero-order valence-electron chi connectivity index (χ0n) is 19.8. The van der Waals surface area contributed by atoms with Crippen molar-refractivity contribution in [3.05, 3.63) is 35.1 Å². The summed E-state index contributed by atoms with van der Waals surface area (Å²) in [5.74, 6) is -0.373. The first-order chi connectivity index (χ1) is 15.2. The van der Waals surface area contributed by atoms with Crippen LogP contribution in [0.2, 0.25) is 0 Å². The Labute approximate surface area is 193 Å². The lowest BCUT2D eigenvalue weighted by atomic mass is 10.0. The van der Waals surface area contributed by atoms with Gasteiger partial charge in [-0.2, -0.15) is 5.26 Å². The van der Waals surface area contributed by atoms with Crippen LogP contribution in [0.5, 0.6) is 0 Å². The van der Waals surface area contributed by atoms with E-state index in [-0.39, 0.29) is 11.9 Å². The van der Waals surface area contributed by atoms with Gasteiger partial charge in [-0.25, -0.2) is 4.39 Å². The Balaban J connectivity index is 1.96. The molecule has 1 rings (SSSR count). The molecule has 0 bridgehead atoms. The summed E-state index contributed by atoms with van der Waals surface area (Å²) in [5, 5.41) is 8.95. The molecule has 0 saturated carbocycles. The first kappa shape index (κ1) is 28.1. The van der Waals surface area contributed by atoms with Crippen molar-refractivity contribution in [2.75, 3.05) is 6.16 Å². The first-order valence-corrected chi connectivity index (χ1v) is 13.5. The highest BCUT2D eigenvalue weighted by molar-refractivity contribution is 7.16. The number of benzene rings is 1. The summed E-state index contributed by atoms with van der Waals surface area (Å²) in [6, 6.07) is 6.41. The van der Waals surface area contributed by atoms with Gasteiger partial charge in [-0.1, -0.05) is 103 Å². The van der Waals surface area contributed by atoms with Crippen molar-refractivity contribution in [2.24, 2.45) is 0 Å². The minimum absolute atomic E-state index is 0.181. The summed E-state index contributed by atoms with van der Waals surface area (Å²) in [7, 11) is 2.76. The Morgan fingerprint density at radius 2 is 1.35 bits per heavy atom. The second-order valence-electron chi connectivity index (χ2n) is 8.87. The first-order valence-electron chi connectivity index (χ1n) is 12.7. The van der Waals surface area contributed by atoms with Gasteiger partial charge in [-0.05, 0) is 36.3 Å². The smallest absolute Gasteiger partial charge is 0.124 e. The maximum Gasteiger partial charge on any atom is 0.124 e. The molecule has 2 atom stereocenters. The zero-order valence-corrected chi connectivity index (χ0v) is 21.0. The summed E-state index contributed by atoms with van der Waals surface area (Å²) < 4.78 is 19.5. The number of ether oxygens (including phenoxy) is 1. The van der Waals surface area contributed by atoms with Gasteiger partial charge in [0, 0.05) is 0 Å². The third kappa shape index (κ3) is 15.5. The lowest BCUT2D eigenvalue weighted by molar-refractivity contribution is 0.0487. The van der Waals surface area contributed by atoms with Gasteiger partial charge in [-0.15, -0.1) is 9.24 Å². The zero-order chi connectivity index (χ0) is 22.6. The standard InChI is InChI=1S/C27H45FNOP/c1-2-3-4-5-6-7-8-9-10-11-12-13-14-15-16-17-27(23-31)30-22-25-18-24(21-29)19-26(28)20-25/h18-20,27H,2-17,22-23,31H2,1H3/t27-/m0/s1. The van der Waals surface area contributed by atoms with E-state index >= 15 is 0 Å². The molecule has 0 N–H and O–H groups in total. The van der Waals surface area contributed by atoms with E-state index in [0.717, 1.165) is 18.1 Å². The minimum atomic E-state index is -0.373. The molecule has 4 heteroatoms. The van der Waals surface area contributed by atoms with Gasteiger partial charge < -0.3 is 4.74 Å². The maximum atomic E-state index is 13.5.